The molecule has 2 aromatic rings. The molecule has 1 heterocycles. The molecule has 98 valence electrons. The lowest BCUT2D eigenvalue weighted by molar-refractivity contribution is 0.103. The van der Waals surface area contributed by atoms with Crippen LogP contribution in [0, 0.1) is 0 Å². The third-order valence-corrected chi connectivity index (χ3v) is 3.17. The highest BCUT2D eigenvalue weighted by Gasteiger charge is 2.23. The summed E-state index contributed by atoms with van der Waals surface area (Å²) >= 11 is 0. The summed E-state index contributed by atoms with van der Waals surface area (Å²) in [7, 11) is 1.71. The van der Waals surface area contributed by atoms with Crippen molar-refractivity contribution in [3.8, 4) is 5.75 Å². The lowest BCUT2D eigenvalue weighted by atomic mass is 10.1. The lowest BCUT2D eigenvalue weighted by Gasteiger charge is -2.05. The van der Waals surface area contributed by atoms with Crippen LogP contribution in [0.3, 0.4) is 0 Å². The SMILES string of the molecule is Cn1ncc(C(=O)c2ccc(OC3CC3)cc2)c1N. The van der Waals surface area contributed by atoms with Crippen LogP contribution in [0.1, 0.15) is 28.8 Å². The normalized spacial score (nSPS) is 14.4. The molecule has 3 rings (SSSR count). The van der Waals surface area contributed by atoms with Gasteiger partial charge in [0.25, 0.3) is 0 Å². The molecule has 0 amide bonds. The van der Waals surface area contributed by atoms with Gasteiger partial charge in [0.05, 0.1) is 17.9 Å². The van der Waals surface area contributed by atoms with Gasteiger partial charge in [-0.15, -0.1) is 0 Å². The van der Waals surface area contributed by atoms with Crippen LogP contribution in [0.2, 0.25) is 0 Å². The number of rotatable bonds is 4. The molecular formula is C14H15N3O2. The summed E-state index contributed by atoms with van der Waals surface area (Å²) < 4.78 is 7.13. The predicted octanol–water partition coefficient (Wildman–Crippen LogP) is 1.77. The first-order valence-electron chi connectivity index (χ1n) is 6.24. The zero-order valence-corrected chi connectivity index (χ0v) is 10.7. The van der Waals surface area contributed by atoms with Crippen LogP contribution in [-0.4, -0.2) is 21.7 Å². The lowest BCUT2D eigenvalue weighted by Crippen LogP contribution is -2.06. The molecule has 1 aliphatic carbocycles. The standard InChI is InChI=1S/C14H15N3O2/c1-17-14(15)12(8-16-17)13(18)9-2-4-10(5-3-9)19-11-6-7-11/h2-5,8,11H,6-7,15H2,1H3. The third-order valence-electron chi connectivity index (χ3n) is 3.17. The molecule has 0 radical (unpaired) electrons. The van der Waals surface area contributed by atoms with E-state index < -0.39 is 0 Å². The Balaban J connectivity index is 1.81. The zero-order valence-electron chi connectivity index (χ0n) is 10.7. The van der Waals surface area contributed by atoms with Crippen molar-refractivity contribution in [2.24, 2.45) is 7.05 Å². The highest BCUT2D eigenvalue weighted by molar-refractivity contribution is 6.11. The number of ketones is 1. The summed E-state index contributed by atoms with van der Waals surface area (Å²) in [4.78, 5) is 12.3. The van der Waals surface area contributed by atoms with Gasteiger partial charge in [0.1, 0.15) is 11.6 Å². The highest BCUT2D eigenvalue weighted by atomic mass is 16.5. The molecule has 1 aromatic heterocycles. The van der Waals surface area contributed by atoms with Crippen molar-refractivity contribution in [2.75, 3.05) is 5.73 Å². The van der Waals surface area contributed by atoms with Gasteiger partial charge in [-0.3, -0.25) is 9.48 Å². The van der Waals surface area contributed by atoms with E-state index in [0.717, 1.165) is 18.6 Å². The Bertz CT molecular complexity index is 612. The molecule has 0 bridgehead atoms. The summed E-state index contributed by atoms with van der Waals surface area (Å²) in [6.45, 7) is 0. The number of carbonyl (C=O) groups excluding carboxylic acids is 1. The van der Waals surface area contributed by atoms with E-state index in [0.29, 0.717) is 23.0 Å². The van der Waals surface area contributed by atoms with Gasteiger partial charge >= 0.3 is 0 Å². The van der Waals surface area contributed by atoms with E-state index in [1.165, 1.54) is 10.9 Å². The average Bonchev–Trinajstić information content (AvgIpc) is 3.17. The van der Waals surface area contributed by atoms with Crippen molar-refractivity contribution in [3.05, 3.63) is 41.6 Å². The second kappa shape index (κ2) is 4.42. The van der Waals surface area contributed by atoms with Gasteiger partial charge in [0.2, 0.25) is 0 Å². The molecule has 5 heteroatoms. The Morgan fingerprint density at radius 1 is 1.37 bits per heavy atom. The van der Waals surface area contributed by atoms with E-state index >= 15 is 0 Å². The summed E-state index contributed by atoms with van der Waals surface area (Å²) in [5, 5.41) is 3.97. The number of nitrogens with two attached hydrogens (primary N) is 1. The molecule has 0 spiro atoms. The van der Waals surface area contributed by atoms with Crippen molar-refractivity contribution in [2.45, 2.75) is 18.9 Å². The Labute approximate surface area is 111 Å². The van der Waals surface area contributed by atoms with Crippen molar-refractivity contribution < 1.29 is 9.53 Å². The number of ether oxygens (including phenoxy) is 1. The second-order valence-electron chi connectivity index (χ2n) is 4.74. The van der Waals surface area contributed by atoms with Crippen molar-refractivity contribution in [3.63, 3.8) is 0 Å². The minimum Gasteiger partial charge on any atom is -0.490 e. The summed E-state index contributed by atoms with van der Waals surface area (Å²) in [6, 6.07) is 7.15. The predicted molar refractivity (Wildman–Crippen MR) is 71.1 cm³/mol. The fraction of sp³-hybridized carbons (Fsp3) is 0.286. The van der Waals surface area contributed by atoms with Crippen molar-refractivity contribution in [1.29, 1.82) is 0 Å². The van der Waals surface area contributed by atoms with Crippen LogP contribution in [0.4, 0.5) is 5.82 Å². The molecular weight excluding hydrogens is 242 g/mol. The van der Waals surface area contributed by atoms with Gasteiger partial charge in [0.15, 0.2) is 5.78 Å². The maximum atomic E-state index is 12.3. The first kappa shape index (κ1) is 11.8. The van der Waals surface area contributed by atoms with Crippen LogP contribution < -0.4 is 10.5 Å². The number of aromatic nitrogens is 2. The Hall–Kier alpha value is -2.30. The number of carbonyl (C=O) groups is 1. The number of nitrogen functional groups attached to an aromatic ring is 1. The number of hydrogen-bond acceptors (Lipinski definition) is 4. The molecule has 2 N–H and O–H groups in total. The molecule has 1 aliphatic rings. The number of aryl methyl sites for hydroxylation is 1. The molecule has 0 atom stereocenters. The fourth-order valence-electron chi connectivity index (χ4n) is 1.84. The molecule has 0 aliphatic heterocycles. The molecule has 1 saturated carbocycles. The quantitative estimate of drug-likeness (QED) is 0.847. The van der Waals surface area contributed by atoms with Crippen LogP contribution in [0.25, 0.3) is 0 Å². The minimum atomic E-state index is -0.122. The van der Waals surface area contributed by atoms with Gasteiger partial charge < -0.3 is 10.5 Å². The van der Waals surface area contributed by atoms with Crippen LogP contribution in [-0.2, 0) is 7.05 Å². The van der Waals surface area contributed by atoms with E-state index in [2.05, 4.69) is 5.10 Å². The van der Waals surface area contributed by atoms with Crippen LogP contribution in [0.5, 0.6) is 5.75 Å². The van der Waals surface area contributed by atoms with E-state index in [4.69, 9.17) is 10.5 Å². The first-order chi connectivity index (χ1) is 9.15. The smallest absolute Gasteiger partial charge is 0.198 e. The molecule has 0 saturated heterocycles. The average molecular weight is 257 g/mol. The fourth-order valence-corrected chi connectivity index (χ4v) is 1.84. The van der Waals surface area contributed by atoms with Gasteiger partial charge in [0, 0.05) is 12.6 Å². The highest BCUT2D eigenvalue weighted by Crippen LogP contribution is 2.27. The largest absolute Gasteiger partial charge is 0.490 e. The Morgan fingerprint density at radius 3 is 2.58 bits per heavy atom. The summed E-state index contributed by atoms with van der Waals surface area (Å²) in [5.74, 6) is 1.06. The number of benzene rings is 1. The van der Waals surface area contributed by atoms with E-state index in [1.54, 1.807) is 19.2 Å². The molecule has 5 nitrogen and oxygen atoms in total. The maximum Gasteiger partial charge on any atom is 0.198 e. The second-order valence-corrected chi connectivity index (χ2v) is 4.74. The van der Waals surface area contributed by atoms with E-state index in [-0.39, 0.29) is 5.78 Å². The van der Waals surface area contributed by atoms with Crippen molar-refractivity contribution in [1.82, 2.24) is 9.78 Å². The number of hydrogen-bond donors (Lipinski definition) is 1. The monoisotopic (exact) mass is 257 g/mol. The van der Waals surface area contributed by atoms with Crippen LogP contribution in [0.15, 0.2) is 30.5 Å². The van der Waals surface area contributed by atoms with Crippen molar-refractivity contribution >= 4 is 11.6 Å². The van der Waals surface area contributed by atoms with Gasteiger partial charge in [-0.05, 0) is 37.1 Å². The topological polar surface area (TPSA) is 70.1 Å². The molecule has 1 aromatic carbocycles. The van der Waals surface area contributed by atoms with E-state index in [1.807, 2.05) is 12.1 Å². The first-order valence-corrected chi connectivity index (χ1v) is 6.24. The Morgan fingerprint density at radius 2 is 2.05 bits per heavy atom. The van der Waals surface area contributed by atoms with Crippen LogP contribution >= 0.6 is 0 Å². The van der Waals surface area contributed by atoms with E-state index in [9.17, 15) is 4.79 Å². The maximum absolute atomic E-state index is 12.3. The third kappa shape index (κ3) is 2.31. The molecule has 19 heavy (non-hydrogen) atoms. The van der Waals surface area contributed by atoms with Gasteiger partial charge in [-0.1, -0.05) is 0 Å². The minimum absolute atomic E-state index is 0.122. The molecule has 1 fully saturated rings. The number of nitrogens with zero attached hydrogens (tertiary/aromatic N) is 2. The molecule has 0 unspecified atom stereocenters. The number of anilines is 1. The van der Waals surface area contributed by atoms with Gasteiger partial charge in [-0.2, -0.15) is 5.10 Å². The van der Waals surface area contributed by atoms with Gasteiger partial charge in [-0.25, -0.2) is 0 Å². The summed E-state index contributed by atoms with van der Waals surface area (Å²) in [6.07, 6.45) is 4.09. The summed E-state index contributed by atoms with van der Waals surface area (Å²) in [5.41, 5.74) is 6.81. The zero-order chi connectivity index (χ0) is 13.4. The Kier molecular flexibility index (Phi) is 2.74.